The van der Waals surface area contributed by atoms with Crippen LogP contribution in [0.1, 0.15) is 32.1 Å². The number of nitrogens with zero attached hydrogens (tertiary/aromatic N) is 2. The van der Waals surface area contributed by atoms with Gasteiger partial charge in [0.05, 0.1) is 10.6 Å². The predicted octanol–water partition coefficient (Wildman–Crippen LogP) is 3.91. The predicted molar refractivity (Wildman–Crippen MR) is 109 cm³/mol. The van der Waals surface area contributed by atoms with Crippen molar-refractivity contribution < 1.29 is 22.4 Å². The maximum atomic E-state index is 13.5. The molecule has 2 aromatic carbocycles. The third-order valence-electron chi connectivity index (χ3n) is 5.09. The largest absolute Gasteiger partial charge is 0.318 e. The van der Waals surface area contributed by atoms with E-state index >= 15 is 0 Å². The van der Waals surface area contributed by atoms with Gasteiger partial charge in [-0.2, -0.15) is 0 Å². The highest BCUT2D eigenvalue weighted by atomic mass is 35.5. The first kappa shape index (κ1) is 20.3. The highest BCUT2D eigenvalue weighted by molar-refractivity contribution is 7.90. The van der Waals surface area contributed by atoms with E-state index < -0.39 is 34.1 Å². The average molecular weight is 447 g/mol. The molecule has 0 unspecified atom stereocenters. The standard InChI is InChI=1S/C21H16ClFN2O4S/c1-12-9-16(13(2)25(12)14-7-8-18(23)17(22)10-14)19(26)11-24-21(27)15-5-3-4-6-20(15)30(24,28)29/h3-10H,11H2,1-2H3. The number of fused-ring (bicyclic) bond motifs is 1. The molecule has 4 rings (SSSR count). The van der Waals surface area contributed by atoms with Crippen molar-refractivity contribution in [1.29, 1.82) is 0 Å². The number of amides is 1. The van der Waals surface area contributed by atoms with Crippen LogP contribution < -0.4 is 0 Å². The number of carbonyl (C=O) groups is 2. The van der Waals surface area contributed by atoms with Gasteiger partial charge in [-0.15, -0.1) is 0 Å². The van der Waals surface area contributed by atoms with Gasteiger partial charge in [-0.25, -0.2) is 17.1 Å². The van der Waals surface area contributed by atoms with E-state index in [1.165, 1.54) is 36.4 Å². The maximum absolute atomic E-state index is 13.5. The molecule has 0 saturated carbocycles. The minimum Gasteiger partial charge on any atom is -0.318 e. The fourth-order valence-corrected chi connectivity index (χ4v) is 5.37. The van der Waals surface area contributed by atoms with Crippen LogP contribution in [0, 0.1) is 19.7 Å². The summed E-state index contributed by atoms with van der Waals surface area (Å²) < 4.78 is 41.2. The van der Waals surface area contributed by atoms with Crippen molar-refractivity contribution in [2.24, 2.45) is 0 Å². The van der Waals surface area contributed by atoms with E-state index in [4.69, 9.17) is 11.6 Å². The van der Waals surface area contributed by atoms with Gasteiger partial charge in [-0.1, -0.05) is 23.7 Å². The van der Waals surface area contributed by atoms with Crippen molar-refractivity contribution >= 4 is 33.3 Å². The fraction of sp³-hybridized carbons (Fsp3) is 0.143. The summed E-state index contributed by atoms with van der Waals surface area (Å²) in [6.07, 6.45) is 0. The quantitative estimate of drug-likeness (QED) is 0.569. The van der Waals surface area contributed by atoms with Crippen molar-refractivity contribution in [1.82, 2.24) is 8.87 Å². The first-order valence-corrected chi connectivity index (χ1v) is 10.8. The smallest absolute Gasteiger partial charge is 0.269 e. The number of aryl methyl sites for hydroxylation is 1. The van der Waals surface area contributed by atoms with Crippen LogP contribution in [0.25, 0.3) is 5.69 Å². The summed E-state index contributed by atoms with van der Waals surface area (Å²) in [7, 11) is -4.08. The Labute approximate surface area is 177 Å². The number of benzene rings is 2. The second-order valence-electron chi connectivity index (χ2n) is 6.95. The molecule has 0 atom stereocenters. The van der Waals surface area contributed by atoms with Gasteiger partial charge in [-0.3, -0.25) is 9.59 Å². The Morgan fingerprint density at radius 3 is 2.47 bits per heavy atom. The van der Waals surface area contributed by atoms with E-state index in [0.717, 1.165) is 0 Å². The van der Waals surface area contributed by atoms with Crippen molar-refractivity contribution in [3.8, 4) is 5.69 Å². The van der Waals surface area contributed by atoms with Gasteiger partial charge in [0.25, 0.3) is 15.9 Å². The zero-order chi connectivity index (χ0) is 21.8. The lowest BCUT2D eigenvalue weighted by molar-refractivity contribution is 0.0820. The fourth-order valence-electron chi connectivity index (χ4n) is 3.67. The zero-order valence-corrected chi connectivity index (χ0v) is 17.6. The zero-order valence-electron chi connectivity index (χ0n) is 16.0. The van der Waals surface area contributed by atoms with Crippen LogP contribution in [-0.4, -0.2) is 35.5 Å². The van der Waals surface area contributed by atoms with Crippen LogP contribution in [0.2, 0.25) is 5.02 Å². The Morgan fingerprint density at radius 1 is 1.10 bits per heavy atom. The van der Waals surface area contributed by atoms with E-state index in [0.29, 0.717) is 21.4 Å². The van der Waals surface area contributed by atoms with Crippen LogP contribution in [0.3, 0.4) is 0 Å². The van der Waals surface area contributed by atoms with Gasteiger partial charge < -0.3 is 4.57 Å². The summed E-state index contributed by atoms with van der Waals surface area (Å²) in [4.78, 5) is 25.4. The number of halogens is 2. The summed E-state index contributed by atoms with van der Waals surface area (Å²) >= 11 is 5.88. The van der Waals surface area contributed by atoms with E-state index in [1.54, 1.807) is 30.5 Å². The second-order valence-corrected chi connectivity index (χ2v) is 9.19. The highest BCUT2D eigenvalue weighted by Gasteiger charge is 2.42. The molecule has 6 nitrogen and oxygen atoms in total. The SMILES string of the molecule is Cc1cc(C(=O)CN2C(=O)c3ccccc3S2(=O)=O)c(C)n1-c1ccc(F)c(Cl)c1. The minimum atomic E-state index is -4.08. The van der Waals surface area contributed by atoms with Crippen molar-refractivity contribution in [2.75, 3.05) is 6.54 Å². The van der Waals surface area contributed by atoms with Crippen molar-refractivity contribution in [3.63, 3.8) is 0 Å². The molecule has 1 aliphatic heterocycles. The topological polar surface area (TPSA) is 76.5 Å². The average Bonchev–Trinajstić information content (AvgIpc) is 3.10. The molecule has 1 aliphatic rings. The number of rotatable bonds is 4. The summed E-state index contributed by atoms with van der Waals surface area (Å²) in [6.45, 7) is 2.84. The van der Waals surface area contributed by atoms with Gasteiger partial charge in [0.15, 0.2) is 5.78 Å². The maximum Gasteiger partial charge on any atom is 0.269 e. The summed E-state index contributed by atoms with van der Waals surface area (Å²) in [5, 5.41) is -0.0561. The Morgan fingerprint density at radius 2 is 1.80 bits per heavy atom. The normalized spacial score (nSPS) is 14.8. The Kier molecular flexibility index (Phi) is 4.79. The third kappa shape index (κ3) is 3.03. The number of ketones is 1. The van der Waals surface area contributed by atoms with E-state index in [-0.39, 0.29) is 21.0 Å². The third-order valence-corrected chi connectivity index (χ3v) is 7.17. The van der Waals surface area contributed by atoms with Crippen LogP contribution in [0.5, 0.6) is 0 Å². The molecule has 0 N–H and O–H groups in total. The van der Waals surface area contributed by atoms with Gasteiger partial charge >= 0.3 is 0 Å². The molecule has 154 valence electrons. The number of sulfonamides is 1. The van der Waals surface area contributed by atoms with E-state index in [9.17, 15) is 22.4 Å². The van der Waals surface area contributed by atoms with Crippen LogP contribution >= 0.6 is 11.6 Å². The molecule has 1 amide bonds. The van der Waals surface area contributed by atoms with Crippen LogP contribution in [0.4, 0.5) is 4.39 Å². The number of hydrogen-bond donors (Lipinski definition) is 0. The summed E-state index contributed by atoms with van der Waals surface area (Å²) in [5.74, 6) is -1.80. The first-order valence-electron chi connectivity index (χ1n) is 8.96. The molecular formula is C21H16ClFN2O4S. The Balaban J connectivity index is 1.69. The molecule has 0 radical (unpaired) electrons. The van der Waals surface area contributed by atoms with Crippen molar-refractivity contribution in [2.45, 2.75) is 18.7 Å². The van der Waals surface area contributed by atoms with Crippen LogP contribution in [0.15, 0.2) is 53.4 Å². The lowest BCUT2D eigenvalue weighted by Crippen LogP contribution is -2.35. The summed E-state index contributed by atoms with van der Waals surface area (Å²) in [6, 6.07) is 11.7. The van der Waals surface area contributed by atoms with Gasteiger partial charge in [0.1, 0.15) is 17.3 Å². The lowest BCUT2D eigenvalue weighted by atomic mass is 10.1. The van der Waals surface area contributed by atoms with Gasteiger partial charge in [0, 0.05) is 22.6 Å². The van der Waals surface area contributed by atoms with E-state index in [2.05, 4.69) is 0 Å². The van der Waals surface area contributed by atoms with Crippen molar-refractivity contribution in [3.05, 3.63) is 81.9 Å². The van der Waals surface area contributed by atoms with E-state index in [1.807, 2.05) is 0 Å². The first-order chi connectivity index (χ1) is 14.1. The molecule has 0 fully saturated rings. The number of hydrogen-bond acceptors (Lipinski definition) is 4. The molecule has 2 heterocycles. The second kappa shape index (κ2) is 7.07. The number of Topliss-reactive ketones (excluding diaryl/α,β-unsaturated/α-hetero) is 1. The van der Waals surface area contributed by atoms with Gasteiger partial charge in [0.2, 0.25) is 0 Å². The molecule has 0 saturated heterocycles. The monoisotopic (exact) mass is 446 g/mol. The number of carbonyl (C=O) groups excluding carboxylic acids is 2. The van der Waals surface area contributed by atoms with Gasteiger partial charge in [-0.05, 0) is 50.2 Å². The summed E-state index contributed by atoms with van der Waals surface area (Å²) in [5.41, 5.74) is 2.09. The lowest BCUT2D eigenvalue weighted by Gasteiger charge is -2.14. The molecule has 0 spiro atoms. The molecule has 0 bridgehead atoms. The number of aromatic nitrogens is 1. The molecular weight excluding hydrogens is 431 g/mol. The molecule has 9 heteroatoms. The molecule has 3 aromatic rings. The minimum absolute atomic E-state index is 0.0525. The molecule has 1 aromatic heterocycles. The molecule has 0 aliphatic carbocycles. The Bertz CT molecular complexity index is 1330. The highest BCUT2D eigenvalue weighted by Crippen LogP contribution is 2.31. The molecule has 30 heavy (non-hydrogen) atoms. The Hall–Kier alpha value is -2.97. The van der Waals surface area contributed by atoms with Crippen LogP contribution in [-0.2, 0) is 10.0 Å².